The van der Waals surface area contributed by atoms with Gasteiger partial charge in [-0.1, -0.05) is 24.3 Å². The number of rotatable bonds is 10. The highest BCUT2D eigenvalue weighted by molar-refractivity contribution is 7.92. The fourth-order valence-electron chi connectivity index (χ4n) is 4.68. The van der Waals surface area contributed by atoms with Crippen LogP contribution in [0.4, 0.5) is 4.39 Å². The minimum atomic E-state index is -3.62. The van der Waals surface area contributed by atoms with Crippen molar-refractivity contribution in [3.63, 3.8) is 0 Å². The molecule has 2 aliphatic rings. The maximum atomic E-state index is 13.3. The average molecular weight is 422 g/mol. The van der Waals surface area contributed by atoms with Crippen LogP contribution in [0.2, 0.25) is 0 Å². The van der Waals surface area contributed by atoms with Gasteiger partial charge in [-0.2, -0.15) is 0 Å². The van der Waals surface area contributed by atoms with Gasteiger partial charge in [0.1, 0.15) is 5.82 Å². The number of carboxylic acids is 1. The number of carboxylic acid groups (broad SMARTS) is 1. The van der Waals surface area contributed by atoms with Crippen LogP contribution < -0.4 is 4.72 Å². The van der Waals surface area contributed by atoms with Crippen molar-refractivity contribution in [3.05, 3.63) is 53.2 Å². The van der Waals surface area contributed by atoms with Crippen LogP contribution in [0.3, 0.4) is 0 Å². The number of unbranched alkanes of at least 4 members (excludes halogenated alkanes) is 1. The van der Waals surface area contributed by atoms with Crippen LogP contribution in [-0.2, 0) is 14.8 Å². The minimum Gasteiger partial charge on any atom is -0.481 e. The van der Waals surface area contributed by atoms with E-state index in [2.05, 4.69) is 10.8 Å². The van der Waals surface area contributed by atoms with Crippen molar-refractivity contribution in [2.24, 2.45) is 17.8 Å². The topological polar surface area (TPSA) is 83.5 Å². The minimum absolute atomic E-state index is 0.0837. The molecule has 2 N–H and O–H groups in total. The lowest BCUT2D eigenvalue weighted by molar-refractivity contribution is -0.137. The van der Waals surface area contributed by atoms with E-state index in [0.717, 1.165) is 37.5 Å². The van der Waals surface area contributed by atoms with E-state index < -0.39 is 21.8 Å². The molecule has 0 saturated heterocycles. The van der Waals surface area contributed by atoms with Gasteiger partial charge in [0.25, 0.3) is 0 Å². The lowest BCUT2D eigenvalue weighted by Crippen LogP contribution is -2.43. The van der Waals surface area contributed by atoms with Gasteiger partial charge in [-0.05, 0) is 80.1 Å². The van der Waals surface area contributed by atoms with E-state index in [1.807, 2.05) is 6.08 Å². The third-order valence-corrected chi connectivity index (χ3v) is 7.11. The van der Waals surface area contributed by atoms with Crippen LogP contribution >= 0.6 is 0 Å². The van der Waals surface area contributed by atoms with E-state index in [4.69, 9.17) is 5.11 Å². The van der Waals surface area contributed by atoms with Crippen molar-refractivity contribution in [1.29, 1.82) is 0 Å². The van der Waals surface area contributed by atoms with Crippen LogP contribution in [0, 0.1) is 23.6 Å². The number of nitrogens with one attached hydrogen (secondary N) is 1. The summed E-state index contributed by atoms with van der Waals surface area (Å²) in [5.41, 5.74) is 0.504. The van der Waals surface area contributed by atoms with Gasteiger partial charge in [-0.15, -0.1) is 0 Å². The van der Waals surface area contributed by atoms with Crippen LogP contribution in [0.5, 0.6) is 0 Å². The van der Waals surface area contributed by atoms with Crippen molar-refractivity contribution < 1.29 is 22.7 Å². The summed E-state index contributed by atoms with van der Waals surface area (Å²) in [4.78, 5) is 10.6. The van der Waals surface area contributed by atoms with Crippen molar-refractivity contribution >= 4 is 22.1 Å². The number of allylic oxidation sites excluding steroid dienone is 2. The molecule has 2 saturated carbocycles. The molecule has 3 rings (SSSR count). The highest BCUT2D eigenvalue weighted by Crippen LogP contribution is 2.50. The zero-order chi connectivity index (χ0) is 20.9. The summed E-state index contributed by atoms with van der Waals surface area (Å²) in [5, 5.41) is 9.79. The molecule has 2 aliphatic carbocycles. The van der Waals surface area contributed by atoms with E-state index in [1.165, 1.54) is 18.2 Å². The molecule has 0 amide bonds. The molecule has 158 valence electrons. The molecular formula is C22H28FNO4S. The van der Waals surface area contributed by atoms with Gasteiger partial charge in [0, 0.05) is 17.9 Å². The van der Waals surface area contributed by atoms with Gasteiger partial charge in [0.05, 0.1) is 0 Å². The summed E-state index contributed by atoms with van der Waals surface area (Å²) < 4.78 is 41.3. The fourth-order valence-corrected chi connectivity index (χ4v) is 5.84. The molecule has 0 radical (unpaired) electrons. The Morgan fingerprint density at radius 1 is 1.24 bits per heavy atom. The summed E-state index contributed by atoms with van der Waals surface area (Å²) in [7, 11) is -3.62. The van der Waals surface area contributed by atoms with Gasteiger partial charge >= 0.3 is 5.97 Å². The highest BCUT2D eigenvalue weighted by atomic mass is 32.2. The maximum Gasteiger partial charge on any atom is 0.303 e. The number of benzene rings is 1. The first-order valence-electron chi connectivity index (χ1n) is 10.2. The predicted molar refractivity (Wildman–Crippen MR) is 111 cm³/mol. The molecule has 4 atom stereocenters. The van der Waals surface area contributed by atoms with Crippen LogP contribution in [0.15, 0.2) is 41.8 Å². The number of hydrogen-bond acceptors (Lipinski definition) is 3. The van der Waals surface area contributed by atoms with Crippen molar-refractivity contribution in [2.75, 3.05) is 0 Å². The van der Waals surface area contributed by atoms with Gasteiger partial charge in [-0.3, -0.25) is 4.79 Å². The van der Waals surface area contributed by atoms with Crippen LogP contribution in [-0.4, -0.2) is 25.5 Å². The Labute approximate surface area is 171 Å². The van der Waals surface area contributed by atoms with E-state index >= 15 is 0 Å². The molecular weight excluding hydrogens is 393 g/mol. The molecule has 0 heterocycles. The van der Waals surface area contributed by atoms with E-state index in [9.17, 15) is 17.6 Å². The zero-order valence-corrected chi connectivity index (χ0v) is 17.2. The van der Waals surface area contributed by atoms with Crippen molar-refractivity contribution in [3.8, 4) is 0 Å². The van der Waals surface area contributed by atoms with E-state index in [0.29, 0.717) is 23.8 Å². The number of sulfonamides is 1. The molecule has 1 aromatic rings. The monoisotopic (exact) mass is 421 g/mol. The Bertz CT molecular complexity index is 881. The molecule has 29 heavy (non-hydrogen) atoms. The summed E-state index contributed by atoms with van der Waals surface area (Å²) in [6, 6.07) is 5.73. The molecule has 2 bridgehead atoms. The Balaban J connectivity index is 1.58. The molecule has 4 unspecified atom stereocenters. The van der Waals surface area contributed by atoms with Gasteiger partial charge in [-0.25, -0.2) is 17.5 Å². The number of carbonyl (C=O) groups is 1. The van der Waals surface area contributed by atoms with Crippen molar-refractivity contribution in [2.45, 2.75) is 51.0 Å². The molecule has 7 heteroatoms. The third kappa shape index (κ3) is 6.24. The molecule has 0 aliphatic heterocycles. The largest absolute Gasteiger partial charge is 0.481 e. The van der Waals surface area contributed by atoms with Crippen LogP contribution in [0.25, 0.3) is 6.08 Å². The summed E-state index contributed by atoms with van der Waals surface area (Å²) in [6.07, 6.45) is 11.0. The number of hydrogen-bond donors (Lipinski definition) is 2. The quantitative estimate of drug-likeness (QED) is 0.435. The van der Waals surface area contributed by atoms with Gasteiger partial charge < -0.3 is 5.11 Å². The number of halogens is 1. The lowest BCUT2D eigenvalue weighted by atomic mass is 9.83. The summed E-state index contributed by atoms with van der Waals surface area (Å²) in [5.74, 6) is -0.0266. The lowest BCUT2D eigenvalue weighted by Gasteiger charge is -2.30. The molecule has 1 aromatic carbocycles. The van der Waals surface area contributed by atoms with E-state index in [-0.39, 0.29) is 18.4 Å². The maximum absolute atomic E-state index is 13.3. The predicted octanol–water partition coefficient (Wildman–Crippen LogP) is 4.33. The smallest absolute Gasteiger partial charge is 0.303 e. The molecule has 0 aromatic heterocycles. The third-order valence-electron chi connectivity index (χ3n) is 6.01. The normalized spacial score (nSPS) is 26.7. The second kappa shape index (κ2) is 9.67. The zero-order valence-electron chi connectivity index (χ0n) is 16.3. The second-order valence-electron chi connectivity index (χ2n) is 8.04. The average Bonchev–Trinajstić information content (AvgIpc) is 3.25. The van der Waals surface area contributed by atoms with Gasteiger partial charge in [0.15, 0.2) is 0 Å². The van der Waals surface area contributed by atoms with Gasteiger partial charge in [0.2, 0.25) is 10.0 Å². The Morgan fingerprint density at radius 2 is 2.03 bits per heavy atom. The molecule has 0 spiro atoms. The Kier molecular flexibility index (Phi) is 7.24. The first-order chi connectivity index (χ1) is 13.8. The van der Waals surface area contributed by atoms with Crippen LogP contribution in [0.1, 0.15) is 50.5 Å². The Morgan fingerprint density at radius 3 is 2.79 bits per heavy atom. The Hall–Kier alpha value is -1.99. The standard InChI is InChI=1S/C22H28FNO4S/c23-19-7-5-6-16(14-19)12-13-29(27,28)24-22-18-11-10-17(15-18)20(22)8-3-1-2-4-9-21(25)26/h1,3,5-7,12-14,17-18,20,22,24H,2,4,8-11,15H2,(H,25,26). The SMILES string of the molecule is O=C(O)CCCC=CCC1C2CCC(C2)C1NS(=O)(=O)C=Cc1cccc(F)c1. The fraction of sp³-hybridized carbons (Fsp3) is 0.500. The second-order valence-corrected chi connectivity index (χ2v) is 9.63. The molecule has 2 fully saturated rings. The number of fused-ring (bicyclic) bond motifs is 2. The summed E-state index contributed by atoms with van der Waals surface area (Å²) in [6.45, 7) is 0. The first kappa shape index (κ1) is 21.7. The van der Waals surface area contributed by atoms with Crippen molar-refractivity contribution in [1.82, 2.24) is 4.72 Å². The number of aliphatic carboxylic acids is 1. The molecule has 5 nitrogen and oxygen atoms in total. The van der Waals surface area contributed by atoms with E-state index in [1.54, 1.807) is 12.1 Å². The first-order valence-corrected chi connectivity index (χ1v) is 11.7. The highest BCUT2D eigenvalue weighted by Gasteiger charge is 2.47. The summed E-state index contributed by atoms with van der Waals surface area (Å²) >= 11 is 0.